The molecule has 0 fully saturated rings. The van der Waals surface area contributed by atoms with Gasteiger partial charge in [-0.3, -0.25) is 0 Å². The molecule has 2 heterocycles. The maximum atomic E-state index is 6.05. The number of aromatic nitrogens is 2. The average molecular weight is 606 g/mol. The van der Waals surface area contributed by atoms with Crippen molar-refractivity contribution in [3.8, 4) is 34.0 Å². The largest absolute Gasteiger partial charge is 0.436 e. The van der Waals surface area contributed by atoms with Crippen molar-refractivity contribution in [1.29, 1.82) is 0 Å². The minimum atomic E-state index is 0.612. The van der Waals surface area contributed by atoms with Crippen molar-refractivity contribution in [2.75, 3.05) is 4.90 Å². The number of fused-ring (bicyclic) bond motifs is 3. The maximum absolute atomic E-state index is 6.05. The van der Waals surface area contributed by atoms with Crippen LogP contribution in [0.5, 0.6) is 0 Å². The monoisotopic (exact) mass is 605 g/mol. The number of nitrogens with zero attached hydrogens (tertiary/aromatic N) is 3. The average Bonchev–Trinajstić information content (AvgIpc) is 3.78. The van der Waals surface area contributed by atoms with E-state index in [0.717, 1.165) is 66.9 Å². The predicted octanol–water partition coefficient (Wildman–Crippen LogP) is 11.6. The van der Waals surface area contributed by atoms with Crippen molar-refractivity contribution >= 4 is 50.0 Å². The van der Waals surface area contributed by atoms with Gasteiger partial charge in [-0.15, -0.1) is 0 Å². The molecule has 222 valence electrons. The lowest BCUT2D eigenvalue weighted by Gasteiger charge is -2.27. The highest BCUT2D eigenvalue weighted by molar-refractivity contribution is 6.06. The third kappa shape index (κ3) is 4.82. The van der Waals surface area contributed by atoms with E-state index in [1.54, 1.807) is 0 Å². The third-order valence-corrected chi connectivity index (χ3v) is 8.56. The van der Waals surface area contributed by atoms with Crippen molar-refractivity contribution in [3.05, 3.63) is 164 Å². The fourth-order valence-corrected chi connectivity index (χ4v) is 6.27. The Morgan fingerprint density at radius 2 is 0.872 bits per heavy atom. The molecule has 2 aromatic heterocycles. The number of oxazole rings is 2. The summed E-state index contributed by atoms with van der Waals surface area (Å²) in [6.45, 7) is 0. The van der Waals surface area contributed by atoms with Crippen LogP contribution in [0.25, 0.3) is 67.0 Å². The van der Waals surface area contributed by atoms with E-state index < -0.39 is 0 Å². The van der Waals surface area contributed by atoms with Crippen LogP contribution >= 0.6 is 0 Å². The van der Waals surface area contributed by atoms with E-state index in [1.165, 1.54) is 5.39 Å². The number of hydrogen-bond acceptors (Lipinski definition) is 5. The number of para-hydroxylation sites is 5. The zero-order chi connectivity index (χ0) is 31.2. The molecule has 47 heavy (non-hydrogen) atoms. The SMILES string of the molecule is c1ccc(N(c2ccc(-c3nc4ccccc4o3)cc2)c2ccc(-c3ccc(-c4nc5ccccc5o4)cc3)c3ccccc23)cc1. The molecule has 0 saturated heterocycles. The molecular weight excluding hydrogens is 578 g/mol. The standard InChI is InChI=1S/C42H27N3O2/c1-2-10-31(11-3-1)45(32-24-22-30(23-25-32)42-44-37-15-7-9-17-40(37)47-42)38-27-26-33(34-12-4-5-13-35(34)38)28-18-20-29(21-19-28)41-43-36-14-6-8-16-39(36)46-41/h1-27H. The third-order valence-electron chi connectivity index (χ3n) is 8.56. The molecule has 0 aliphatic carbocycles. The Balaban J connectivity index is 1.11. The van der Waals surface area contributed by atoms with Gasteiger partial charge < -0.3 is 13.7 Å². The van der Waals surface area contributed by atoms with E-state index in [0.29, 0.717) is 11.8 Å². The van der Waals surface area contributed by atoms with E-state index in [2.05, 4.69) is 119 Å². The maximum Gasteiger partial charge on any atom is 0.227 e. The minimum Gasteiger partial charge on any atom is -0.436 e. The van der Waals surface area contributed by atoms with E-state index in [1.807, 2.05) is 54.6 Å². The second kappa shape index (κ2) is 11.2. The summed E-state index contributed by atoms with van der Waals surface area (Å²) in [6.07, 6.45) is 0. The zero-order valence-electron chi connectivity index (χ0n) is 25.2. The van der Waals surface area contributed by atoms with Crippen LogP contribution in [-0.2, 0) is 0 Å². The fourth-order valence-electron chi connectivity index (χ4n) is 6.27. The Kier molecular flexibility index (Phi) is 6.39. The summed E-state index contributed by atoms with van der Waals surface area (Å²) >= 11 is 0. The summed E-state index contributed by atoms with van der Waals surface area (Å²) in [4.78, 5) is 11.7. The molecule has 0 N–H and O–H groups in total. The summed E-state index contributed by atoms with van der Waals surface area (Å²) < 4.78 is 12.1. The van der Waals surface area contributed by atoms with Gasteiger partial charge in [-0.05, 0) is 95.4 Å². The van der Waals surface area contributed by atoms with Gasteiger partial charge in [0.15, 0.2) is 11.2 Å². The van der Waals surface area contributed by atoms with Gasteiger partial charge in [0.1, 0.15) is 11.0 Å². The Bertz CT molecular complexity index is 2450. The molecule has 0 saturated carbocycles. The first-order chi connectivity index (χ1) is 23.3. The topological polar surface area (TPSA) is 55.3 Å². The van der Waals surface area contributed by atoms with Crippen LogP contribution in [-0.4, -0.2) is 9.97 Å². The van der Waals surface area contributed by atoms with E-state index >= 15 is 0 Å². The summed E-state index contributed by atoms with van der Waals surface area (Å²) in [5.41, 5.74) is 10.6. The molecule has 0 unspecified atom stereocenters. The van der Waals surface area contributed by atoms with Crippen molar-refractivity contribution in [1.82, 2.24) is 9.97 Å². The first kappa shape index (κ1) is 26.9. The first-order valence-electron chi connectivity index (χ1n) is 15.6. The number of anilines is 3. The number of hydrogen-bond donors (Lipinski definition) is 0. The highest BCUT2D eigenvalue weighted by atomic mass is 16.4. The van der Waals surface area contributed by atoms with Crippen molar-refractivity contribution < 1.29 is 8.83 Å². The molecule has 5 nitrogen and oxygen atoms in total. The Morgan fingerprint density at radius 1 is 0.383 bits per heavy atom. The minimum absolute atomic E-state index is 0.612. The molecule has 0 aliphatic rings. The quantitative estimate of drug-likeness (QED) is 0.189. The molecule has 0 atom stereocenters. The lowest BCUT2D eigenvalue weighted by Crippen LogP contribution is -2.10. The molecule has 0 spiro atoms. The molecule has 7 aromatic carbocycles. The lowest BCUT2D eigenvalue weighted by molar-refractivity contribution is 0.619. The van der Waals surface area contributed by atoms with Crippen molar-refractivity contribution in [3.63, 3.8) is 0 Å². The molecule has 9 aromatic rings. The molecule has 9 rings (SSSR count). The van der Waals surface area contributed by atoms with Crippen LogP contribution in [0.15, 0.2) is 173 Å². The summed E-state index contributed by atoms with van der Waals surface area (Å²) in [7, 11) is 0. The smallest absolute Gasteiger partial charge is 0.227 e. The van der Waals surface area contributed by atoms with Crippen LogP contribution in [0.3, 0.4) is 0 Å². The molecule has 0 aliphatic heterocycles. The van der Waals surface area contributed by atoms with Gasteiger partial charge in [-0.25, -0.2) is 9.97 Å². The van der Waals surface area contributed by atoms with Crippen LogP contribution in [0.1, 0.15) is 0 Å². The summed E-state index contributed by atoms with van der Waals surface area (Å²) in [6, 6.07) is 56.1. The summed E-state index contributed by atoms with van der Waals surface area (Å²) in [5, 5.41) is 2.32. The Hall–Kier alpha value is -6.46. The molecule has 0 amide bonds. The Morgan fingerprint density at radius 3 is 1.49 bits per heavy atom. The molecule has 0 radical (unpaired) electrons. The Labute approximate surface area is 271 Å². The van der Waals surface area contributed by atoms with Gasteiger partial charge >= 0.3 is 0 Å². The van der Waals surface area contributed by atoms with Gasteiger partial charge in [0, 0.05) is 27.9 Å². The number of rotatable bonds is 6. The van der Waals surface area contributed by atoms with E-state index in [4.69, 9.17) is 13.8 Å². The van der Waals surface area contributed by atoms with Gasteiger partial charge in [0.25, 0.3) is 0 Å². The van der Waals surface area contributed by atoms with E-state index in [-0.39, 0.29) is 0 Å². The molecular formula is C42H27N3O2. The normalized spacial score (nSPS) is 11.4. The van der Waals surface area contributed by atoms with Crippen molar-refractivity contribution in [2.24, 2.45) is 0 Å². The fraction of sp³-hybridized carbons (Fsp3) is 0. The van der Waals surface area contributed by atoms with Gasteiger partial charge in [-0.1, -0.05) is 84.9 Å². The highest BCUT2D eigenvalue weighted by Gasteiger charge is 2.18. The zero-order valence-corrected chi connectivity index (χ0v) is 25.2. The predicted molar refractivity (Wildman–Crippen MR) is 190 cm³/mol. The first-order valence-corrected chi connectivity index (χ1v) is 15.6. The van der Waals surface area contributed by atoms with Gasteiger partial charge in [0.2, 0.25) is 11.8 Å². The number of benzene rings is 7. The highest BCUT2D eigenvalue weighted by Crippen LogP contribution is 2.42. The van der Waals surface area contributed by atoms with Crippen LogP contribution < -0.4 is 4.90 Å². The second-order valence-corrected chi connectivity index (χ2v) is 11.4. The molecule has 5 heteroatoms. The second-order valence-electron chi connectivity index (χ2n) is 11.4. The van der Waals surface area contributed by atoms with Crippen LogP contribution in [0.4, 0.5) is 17.1 Å². The van der Waals surface area contributed by atoms with Gasteiger partial charge in [0.05, 0.1) is 5.69 Å². The van der Waals surface area contributed by atoms with Crippen LogP contribution in [0.2, 0.25) is 0 Å². The van der Waals surface area contributed by atoms with E-state index in [9.17, 15) is 0 Å². The molecule has 0 bridgehead atoms. The van der Waals surface area contributed by atoms with Crippen molar-refractivity contribution in [2.45, 2.75) is 0 Å². The lowest BCUT2D eigenvalue weighted by atomic mass is 9.95. The van der Waals surface area contributed by atoms with Gasteiger partial charge in [-0.2, -0.15) is 0 Å². The summed E-state index contributed by atoms with van der Waals surface area (Å²) in [5.74, 6) is 1.24. The van der Waals surface area contributed by atoms with Crippen LogP contribution in [0, 0.1) is 0 Å².